The van der Waals surface area contributed by atoms with Crippen molar-refractivity contribution in [3.63, 3.8) is 0 Å². The Morgan fingerprint density at radius 3 is 2.50 bits per heavy atom. The highest BCUT2D eigenvalue weighted by Crippen LogP contribution is 2.19. The normalized spacial score (nSPS) is 10.8. The van der Waals surface area contributed by atoms with E-state index in [1.165, 1.54) is 43.2 Å². The topological polar surface area (TPSA) is 30.5 Å². The van der Waals surface area contributed by atoms with Gasteiger partial charge in [0, 0.05) is 13.7 Å². The van der Waals surface area contributed by atoms with E-state index in [0.29, 0.717) is 0 Å². The molecule has 0 radical (unpaired) electrons. The first-order valence-electron chi connectivity index (χ1n) is 7.61. The maximum absolute atomic E-state index is 5.28. The molecule has 0 saturated carbocycles. The van der Waals surface area contributed by atoms with Crippen molar-refractivity contribution in [1.29, 1.82) is 0 Å². The largest absolute Gasteiger partial charge is 0.496 e. The molecule has 0 aliphatic heterocycles. The van der Waals surface area contributed by atoms with Crippen molar-refractivity contribution in [3.8, 4) is 5.75 Å². The number of rotatable bonds is 11. The zero-order valence-electron chi connectivity index (χ0n) is 13.2. The maximum Gasteiger partial charge on any atom is 0.121 e. The number of unbranched alkanes of at least 4 members (excludes halogenated alkanes) is 3. The van der Waals surface area contributed by atoms with Gasteiger partial charge in [0.25, 0.3) is 0 Å². The first kappa shape index (κ1) is 17.0. The van der Waals surface area contributed by atoms with Crippen LogP contribution in [0.1, 0.15) is 36.8 Å². The van der Waals surface area contributed by atoms with Crippen LogP contribution in [0, 0.1) is 6.92 Å². The maximum atomic E-state index is 5.28. The zero-order valence-corrected chi connectivity index (χ0v) is 13.2. The highest BCUT2D eigenvalue weighted by Gasteiger charge is 2.00. The molecule has 0 spiro atoms. The lowest BCUT2D eigenvalue weighted by Crippen LogP contribution is -2.20. The molecule has 1 rings (SSSR count). The number of methoxy groups -OCH3 is 2. The standard InChI is InChI=1S/C17H29NO2/c1-15-14-16(9-10-17(15)20-3)8-6-4-5-7-11-18-12-13-19-2/h9-10,14,18H,4-8,11-13H2,1-3H3. The van der Waals surface area contributed by atoms with E-state index in [1.54, 1.807) is 14.2 Å². The Morgan fingerprint density at radius 1 is 1.00 bits per heavy atom. The molecule has 0 heterocycles. The summed E-state index contributed by atoms with van der Waals surface area (Å²) in [5, 5.41) is 3.38. The molecule has 0 aliphatic rings. The van der Waals surface area contributed by atoms with E-state index in [2.05, 4.69) is 30.4 Å². The second-order valence-corrected chi connectivity index (χ2v) is 5.21. The quantitative estimate of drug-likeness (QED) is 0.630. The van der Waals surface area contributed by atoms with Crippen LogP contribution in [-0.2, 0) is 11.2 Å². The van der Waals surface area contributed by atoms with E-state index < -0.39 is 0 Å². The lowest BCUT2D eigenvalue weighted by Gasteiger charge is -2.07. The molecule has 0 fully saturated rings. The average molecular weight is 279 g/mol. The van der Waals surface area contributed by atoms with Crippen molar-refractivity contribution in [1.82, 2.24) is 5.32 Å². The van der Waals surface area contributed by atoms with Gasteiger partial charge in [-0.05, 0) is 49.9 Å². The van der Waals surface area contributed by atoms with Crippen molar-refractivity contribution in [2.45, 2.75) is 39.0 Å². The van der Waals surface area contributed by atoms with E-state index in [0.717, 1.165) is 25.4 Å². The molecular formula is C17H29NO2. The third-order valence-electron chi connectivity index (χ3n) is 3.51. The van der Waals surface area contributed by atoms with Gasteiger partial charge >= 0.3 is 0 Å². The molecule has 0 amide bonds. The Bertz CT molecular complexity index is 366. The lowest BCUT2D eigenvalue weighted by molar-refractivity contribution is 0.199. The van der Waals surface area contributed by atoms with E-state index >= 15 is 0 Å². The van der Waals surface area contributed by atoms with Crippen molar-refractivity contribution in [2.75, 3.05) is 33.9 Å². The highest BCUT2D eigenvalue weighted by atomic mass is 16.5. The number of aryl methyl sites for hydroxylation is 2. The minimum Gasteiger partial charge on any atom is -0.496 e. The zero-order chi connectivity index (χ0) is 14.6. The molecule has 0 bridgehead atoms. The summed E-state index contributed by atoms with van der Waals surface area (Å²) in [6.07, 6.45) is 6.29. The molecule has 0 aliphatic carbocycles. The third kappa shape index (κ3) is 6.92. The van der Waals surface area contributed by atoms with Gasteiger partial charge in [-0.15, -0.1) is 0 Å². The first-order chi connectivity index (χ1) is 9.77. The molecular weight excluding hydrogens is 250 g/mol. The van der Waals surface area contributed by atoms with Crippen LogP contribution >= 0.6 is 0 Å². The van der Waals surface area contributed by atoms with Crippen molar-refractivity contribution in [2.24, 2.45) is 0 Å². The second-order valence-electron chi connectivity index (χ2n) is 5.21. The summed E-state index contributed by atoms with van der Waals surface area (Å²) >= 11 is 0. The summed E-state index contributed by atoms with van der Waals surface area (Å²) in [5.41, 5.74) is 2.65. The first-order valence-corrected chi connectivity index (χ1v) is 7.61. The lowest BCUT2D eigenvalue weighted by atomic mass is 10.0. The molecule has 0 unspecified atom stereocenters. The molecule has 3 heteroatoms. The molecule has 3 nitrogen and oxygen atoms in total. The van der Waals surface area contributed by atoms with Gasteiger partial charge in [-0.2, -0.15) is 0 Å². The molecule has 1 aromatic carbocycles. The van der Waals surface area contributed by atoms with Gasteiger partial charge in [-0.25, -0.2) is 0 Å². The van der Waals surface area contributed by atoms with Crippen LogP contribution in [0.3, 0.4) is 0 Å². The highest BCUT2D eigenvalue weighted by molar-refractivity contribution is 5.36. The number of benzene rings is 1. The van der Waals surface area contributed by atoms with Gasteiger partial charge in [0.2, 0.25) is 0 Å². The van der Waals surface area contributed by atoms with E-state index in [-0.39, 0.29) is 0 Å². The Morgan fingerprint density at radius 2 is 1.80 bits per heavy atom. The fourth-order valence-electron chi connectivity index (χ4n) is 2.33. The van der Waals surface area contributed by atoms with Crippen molar-refractivity contribution < 1.29 is 9.47 Å². The summed E-state index contributed by atoms with van der Waals surface area (Å²) < 4.78 is 10.3. The van der Waals surface area contributed by atoms with Crippen LogP contribution in [0.25, 0.3) is 0 Å². The summed E-state index contributed by atoms with van der Waals surface area (Å²) in [6, 6.07) is 6.49. The van der Waals surface area contributed by atoms with Crippen LogP contribution < -0.4 is 10.1 Å². The summed E-state index contributed by atoms with van der Waals surface area (Å²) in [5.74, 6) is 0.982. The van der Waals surface area contributed by atoms with Gasteiger partial charge < -0.3 is 14.8 Å². The minimum absolute atomic E-state index is 0.802. The van der Waals surface area contributed by atoms with E-state index in [4.69, 9.17) is 9.47 Å². The molecule has 0 saturated heterocycles. The number of ether oxygens (including phenoxy) is 2. The summed E-state index contributed by atoms with van der Waals surface area (Å²) in [7, 11) is 3.46. The van der Waals surface area contributed by atoms with Gasteiger partial charge in [-0.1, -0.05) is 25.0 Å². The fraction of sp³-hybridized carbons (Fsp3) is 0.647. The van der Waals surface area contributed by atoms with Crippen LogP contribution in [0.2, 0.25) is 0 Å². The van der Waals surface area contributed by atoms with Crippen LogP contribution in [-0.4, -0.2) is 33.9 Å². The van der Waals surface area contributed by atoms with Gasteiger partial charge in [0.05, 0.1) is 13.7 Å². The van der Waals surface area contributed by atoms with Crippen LogP contribution in [0.5, 0.6) is 5.75 Å². The minimum atomic E-state index is 0.802. The van der Waals surface area contributed by atoms with Crippen LogP contribution in [0.4, 0.5) is 0 Å². The molecule has 0 aromatic heterocycles. The fourth-order valence-corrected chi connectivity index (χ4v) is 2.33. The molecule has 114 valence electrons. The van der Waals surface area contributed by atoms with Crippen LogP contribution in [0.15, 0.2) is 18.2 Å². The number of nitrogens with one attached hydrogen (secondary N) is 1. The predicted molar refractivity (Wildman–Crippen MR) is 84.6 cm³/mol. The van der Waals surface area contributed by atoms with E-state index in [9.17, 15) is 0 Å². The SMILES string of the molecule is COCCNCCCCCCc1ccc(OC)c(C)c1. The molecule has 0 atom stereocenters. The second kappa shape index (κ2) is 10.7. The number of hydrogen-bond donors (Lipinski definition) is 1. The Hall–Kier alpha value is -1.06. The number of hydrogen-bond acceptors (Lipinski definition) is 3. The Balaban J connectivity index is 2.05. The van der Waals surface area contributed by atoms with Crippen molar-refractivity contribution in [3.05, 3.63) is 29.3 Å². The summed E-state index contributed by atoms with van der Waals surface area (Å²) in [4.78, 5) is 0. The van der Waals surface area contributed by atoms with Crippen molar-refractivity contribution >= 4 is 0 Å². The Labute approximate surface area is 123 Å². The Kier molecular flexibility index (Phi) is 9.09. The monoisotopic (exact) mass is 279 g/mol. The smallest absolute Gasteiger partial charge is 0.121 e. The van der Waals surface area contributed by atoms with Gasteiger partial charge in [0.15, 0.2) is 0 Å². The van der Waals surface area contributed by atoms with E-state index in [1.807, 2.05) is 0 Å². The molecule has 1 aromatic rings. The average Bonchev–Trinajstić information content (AvgIpc) is 2.46. The third-order valence-corrected chi connectivity index (χ3v) is 3.51. The van der Waals surface area contributed by atoms with Gasteiger partial charge in [0.1, 0.15) is 5.75 Å². The summed E-state index contributed by atoms with van der Waals surface area (Å²) in [6.45, 7) is 4.97. The molecule has 1 N–H and O–H groups in total. The van der Waals surface area contributed by atoms with Gasteiger partial charge in [-0.3, -0.25) is 0 Å². The molecule has 20 heavy (non-hydrogen) atoms. The predicted octanol–water partition coefficient (Wildman–Crippen LogP) is 3.34.